The van der Waals surface area contributed by atoms with E-state index in [9.17, 15) is 18.0 Å². The molecule has 1 saturated carbocycles. The molecule has 0 N–H and O–H groups in total. The Morgan fingerprint density at radius 2 is 1.54 bits per heavy atom. The molecule has 1 spiro atoms. The van der Waals surface area contributed by atoms with Crippen molar-refractivity contribution in [2.75, 3.05) is 46.4 Å². The lowest BCUT2D eigenvalue weighted by atomic mass is 9.61. The molecule has 2 heterocycles. The highest BCUT2D eigenvalue weighted by Gasteiger charge is 2.49. The van der Waals surface area contributed by atoms with Gasteiger partial charge in [0, 0.05) is 25.1 Å². The van der Waals surface area contributed by atoms with Gasteiger partial charge in [0.05, 0.1) is 30.8 Å². The molecule has 0 unspecified atom stereocenters. The highest BCUT2D eigenvalue weighted by Crippen LogP contribution is 2.50. The Kier molecular flexibility index (Phi) is 12.0. The van der Waals surface area contributed by atoms with Gasteiger partial charge < -0.3 is 18.9 Å². The number of esters is 1. The van der Waals surface area contributed by atoms with Crippen molar-refractivity contribution in [1.82, 2.24) is 9.80 Å². The molecule has 7 nitrogen and oxygen atoms in total. The summed E-state index contributed by atoms with van der Waals surface area (Å²) < 4.78 is 66.0. The summed E-state index contributed by atoms with van der Waals surface area (Å²) in [5.41, 5.74) is -0.527. The van der Waals surface area contributed by atoms with Gasteiger partial charge in [0.15, 0.2) is 0 Å². The van der Waals surface area contributed by atoms with Crippen molar-refractivity contribution in [3.63, 3.8) is 0 Å². The van der Waals surface area contributed by atoms with E-state index in [0.29, 0.717) is 32.7 Å². The first-order chi connectivity index (χ1) is 24.2. The molecule has 3 fully saturated rings. The summed E-state index contributed by atoms with van der Waals surface area (Å²) in [6.45, 7) is 16.0. The Balaban J connectivity index is 1.20. The molecular weight excluding hydrogens is 669 g/mol. The zero-order valence-electron chi connectivity index (χ0n) is 32.7. The highest BCUT2D eigenvalue weighted by molar-refractivity contribution is 5.72. The summed E-state index contributed by atoms with van der Waals surface area (Å²) in [5, 5.41) is 0. The van der Waals surface area contributed by atoms with E-state index in [1.54, 1.807) is 7.11 Å². The molecule has 0 bridgehead atoms. The van der Waals surface area contributed by atoms with E-state index in [0.717, 1.165) is 68.7 Å². The van der Waals surface area contributed by atoms with Crippen LogP contribution in [-0.2, 0) is 26.2 Å². The van der Waals surface area contributed by atoms with Gasteiger partial charge in [0.2, 0.25) is 0 Å². The smallest absolute Gasteiger partial charge is 0.395 e. The molecule has 3 aliphatic rings. The predicted octanol–water partition coefficient (Wildman–Crippen LogP) is 8.97. The Morgan fingerprint density at radius 3 is 2.10 bits per heavy atom. The molecule has 1 aliphatic carbocycles. The maximum absolute atomic E-state index is 14.2. The Hall–Kier alpha value is -2.82. The van der Waals surface area contributed by atoms with Crippen molar-refractivity contribution in [3.8, 4) is 11.5 Å². The summed E-state index contributed by atoms with van der Waals surface area (Å²) in [6, 6.07) is 16.0. The summed E-state index contributed by atoms with van der Waals surface area (Å²) in [4.78, 5) is 16.4. The fourth-order valence-electron chi connectivity index (χ4n) is 8.52. The maximum Gasteiger partial charge on any atom is 0.395 e. The van der Waals surface area contributed by atoms with Gasteiger partial charge in [-0.15, -0.1) is 0 Å². The van der Waals surface area contributed by atoms with E-state index in [4.69, 9.17) is 18.9 Å². The molecule has 2 saturated heterocycles. The van der Waals surface area contributed by atoms with Crippen LogP contribution in [0.2, 0.25) is 0 Å². The number of benzene rings is 2. The standard InChI is InChI=1S/C42H61F3N2O5/c1-37(2,3)52-36(48)28-46-21-17-40(18-22-46)25-35(26-40)51-34-13-9-31(10-14-34)27-47(30-38(4,5)42(43,44)45)23-19-41(20-24-50-39(6,7)29-41)32-11-15-33(49-8)16-12-32/h9-16,35H,17-30H2,1-8H3/t41-/m1/s1. The summed E-state index contributed by atoms with van der Waals surface area (Å²) in [7, 11) is 1.65. The quantitative estimate of drug-likeness (QED) is 0.191. The second kappa shape index (κ2) is 15.5. The zero-order valence-corrected chi connectivity index (χ0v) is 32.7. The molecule has 0 radical (unpaired) electrons. The number of rotatable bonds is 13. The first-order valence-electron chi connectivity index (χ1n) is 19.0. The van der Waals surface area contributed by atoms with E-state index >= 15 is 0 Å². The van der Waals surface area contributed by atoms with Crippen LogP contribution in [0.4, 0.5) is 13.2 Å². The fourth-order valence-corrected chi connectivity index (χ4v) is 8.52. The molecule has 0 amide bonds. The maximum atomic E-state index is 14.2. The number of hydrogen-bond donors (Lipinski definition) is 0. The number of halogens is 3. The van der Waals surface area contributed by atoms with Gasteiger partial charge in [0.1, 0.15) is 17.1 Å². The number of carbonyl (C=O) groups is 1. The molecule has 1 atom stereocenters. The Labute approximate surface area is 309 Å². The van der Waals surface area contributed by atoms with Crippen LogP contribution in [0, 0.1) is 10.8 Å². The third kappa shape index (κ3) is 10.4. The average molecular weight is 731 g/mol. The van der Waals surface area contributed by atoms with Crippen LogP contribution in [-0.4, -0.2) is 85.7 Å². The molecule has 2 aromatic carbocycles. The van der Waals surface area contributed by atoms with Crippen molar-refractivity contribution in [2.45, 2.75) is 129 Å². The minimum absolute atomic E-state index is 0.104. The van der Waals surface area contributed by atoms with Crippen LogP contribution in [0.3, 0.4) is 0 Å². The number of piperidine rings is 1. The van der Waals surface area contributed by atoms with Crippen LogP contribution in [0.1, 0.15) is 105 Å². The van der Waals surface area contributed by atoms with Crippen LogP contribution in [0.25, 0.3) is 0 Å². The minimum atomic E-state index is -4.33. The Morgan fingerprint density at radius 1 is 0.923 bits per heavy atom. The Bertz CT molecular complexity index is 1470. The predicted molar refractivity (Wildman–Crippen MR) is 198 cm³/mol. The molecule has 2 aromatic rings. The zero-order chi connectivity index (χ0) is 38.0. The second-order valence-electron chi connectivity index (χ2n) is 18.0. The lowest BCUT2D eigenvalue weighted by Crippen LogP contribution is -2.51. The number of likely N-dealkylation sites (tertiary alicyclic amines) is 1. The van der Waals surface area contributed by atoms with Crippen LogP contribution in [0.5, 0.6) is 11.5 Å². The molecule has 2 aliphatic heterocycles. The molecule has 52 heavy (non-hydrogen) atoms. The second-order valence-corrected chi connectivity index (χ2v) is 18.0. The van der Waals surface area contributed by atoms with Gasteiger partial charge in [-0.05, 0) is 154 Å². The lowest BCUT2D eigenvalue weighted by Gasteiger charge is -2.51. The van der Waals surface area contributed by atoms with Crippen LogP contribution in [0.15, 0.2) is 48.5 Å². The lowest BCUT2D eigenvalue weighted by molar-refractivity contribution is -0.217. The van der Waals surface area contributed by atoms with E-state index in [2.05, 4.69) is 30.9 Å². The molecule has 5 rings (SSSR count). The van der Waals surface area contributed by atoms with Gasteiger partial charge in [-0.2, -0.15) is 13.2 Å². The molecule has 10 heteroatoms. The number of alkyl halides is 3. The summed E-state index contributed by atoms with van der Waals surface area (Å²) >= 11 is 0. The van der Waals surface area contributed by atoms with Crippen molar-refractivity contribution in [2.24, 2.45) is 10.8 Å². The van der Waals surface area contributed by atoms with Crippen LogP contribution >= 0.6 is 0 Å². The molecule has 290 valence electrons. The highest BCUT2D eigenvalue weighted by atomic mass is 19.4. The third-order valence-corrected chi connectivity index (χ3v) is 11.5. The van der Waals surface area contributed by atoms with E-state index in [1.165, 1.54) is 19.4 Å². The average Bonchev–Trinajstić information content (AvgIpc) is 3.03. The number of hydrogen-bond acceptors (Lipinski definition) is 7. The number of ether oxygens (including phenoxy) is 4. The monoisotopic (exact) mass is 730 g/mol. The first kappa shape index (κ1) is 40.4. The van der Waals surface area contributed by atoms with Crippen molar-refractivity contribution >= 4 is 5.97 Å². The summed E-state index contributed by atoms with van der Waals surface area (Å²) in [6.07, 6.45) is 2.19. The number of nitrogens with zero attached hydrogens (tertiary/aromatic N) is 2. The van der Waals surface area contributed by atoms with Gasteiger partial charge in [0.25, 0.3) is 0 Å². The fraction of sp³-hybridized carbons (Fsp3) is 0.690. The van der Waals surface area contributed by atoms with Gasteiger partial charge in [-0.25, -0.2) is 0 Å². The number of carbonyl (C=O) groups excluding carboxylic acids is 1. The van der Waals surface area contributed by atoms with Gasteiger partial charge in [-0.1, -0.05) is 24.3 Å². The van der Waals surface area contributed by atoms with E-state index in [-0.39, 0.29) is 35.0 Å². The topological polar surface area (TPSA) is 60.5 Å². The SMILES string of the molecule is COc1ccc([C@]2(CCN(Cc3ccc(OC4CC5(CCN(CC(=O)OC(C)(C)C)CC5)C4)cc3)CC(C)(C)C(F)(F)F)CCOC(C)(C)C2)cc1. The van der Waals surface area contributed by atoms with Gasteiger partial charge in [-0.3, -0.25) is 14.6 Å². The number of methoxy groups -OCH3 is 1. The van der Waals surface area contributed by atoms with E-state index in [1.807, 2.05) is 62.1 Å². The van der Waals surface area contributed by atoms with Crippen LogP contribution < -0.4 is 9.47 Å². The molecular formula is C42H61F3N2O5. The van der Waals surface area contributed by atoms with E-state index < -0.39 is 17.2 Å². The normalized spacial score (nSPS) is 22.6. The first-order valence-corrected chi connectivity index (χ1v) is 19.0. The largest absolute Gasteiger partial charge is 0.497 e. The molecule has 0 aromatic heterocycles. The van der Waals surface area contributed by atoms with Crippen molar-refractivity contribution in [1.29, 1.82) is 0 Å². The van der Waals surface area contributed by atoms with Crippen molar-refractivity contribution in [3.05, 3.63) is 59.7 Å². The van der Waals surface area contributed by atoms with Gasteiger partial charge >= 0.3 is 12.1 Å². The summed E-state index contributed by atoms with van der Waals surface area (Å²) in [5.74, 6) is 1.39. The third-order valence-electron chi connectivity index (χ3n) is 11.5. The minimum Gasteiger partial charge on any atom is -0.497 e. The van der Waals surface area contributed by atoms with Crippen molar-refractivity contribution < 1.29 is 36.9 Å².